The molecule has 2 aromatic rings. The van der Waals surface area contributed by atoms with Crippen molar-refractivity contribution in [1.82, 2.24) is 9.97 Å². The molecule has 2 aliphatic rings. The van der Waals surface area contributed by atoms with Crippen molar-refractivity contribution in [2.45, 2.75) is 23.8 Å². The molecule has 0 saturated heterocycles. The lowest BCUT2D eigenvalue weighted by molar-refractivity contribution is 0.274. The molecule has 3 heterocycles. The summed E-state index contributed by atoms with van der Waals surface area (Å²) >= 11 is 8.17. The molecule has 0 radical (unpaired) electrons. The Hall–Kier alpha value is -1.26. The van der Waals surface area contributed by atoms with Crippen LogP contribution in [0.3, 0.4) is 0 Å². The molecular weight excluding hydrogens is 292 g/mol. The smallest absolute Gasteiger partial charge is 0.138 e. The van der Waals surface area contributed by atoms with Crippen LogP contribution in [-0.2, 0) is 11.5 Å². The molecule has 0 saturated carbocycles. The molecule has 2 aliphatic heterocycles. The number of halogens is 1. The Balaban J connectivity index is 1.81. The monoisotopic (exact) mass is 304 g/mol. The van der Waals surface area contributed by atoms with Crippen LogP contribution >= 0.6 is 23.4 Å². The third kappa shape index (κ3) is 1.98. The minimum Gasteiger partial charge on any atom is -0.493 e. The van der Waals surface area contributed by atoms with E-state index in [0.717, 1.165) is 40.8 Å². The summed E-state index contributed by atoms with van der Waals surface area (Å²) in [6.07, 6.45) is 0.902. The van der Waals surface area contributed by atoms with Gasteiger partial charge in [-0.1, -0.05) is 29.8 Å². The molecule has 1 aromatic heterocycles. The lowest BCUT2D eigenvalue weighted by Crippen LogP contribution is -2.18. The zero-order valence-electron chi connectivity index (χ0n) is 10.8. The number of hydrogen-bond donors (Lipinski definition) is 0. The van der Waals surface area contributed by atoms with Crippen LogP contribution in [0.5, 0.6) is 5.75 Å². The third-order valence-electron chi connectivity index (χ3n) is 3.81. The summed E-state index contributed by atoms with van der Waals surface area (Å²) in [5.41, 5.74) is 3.38. The summed E-state index contributed by atoms with van der Waals surface area (Å²) in [6.45, 7) is 0.703. The molecule has 5 heteroatoms. The van der Waals surface area contributed by atoms with Crippen molar-refractivity contribution in [2.75, 3.05) is 6.61 Å². The van der Waals surface area contributed by atoms with Crippen LogP contribution in [0.4, 0.5) is 0 Å². The van der Waals surface area contributed by atoms with E-state index in [4.69, 9.17) is 21.3 Å². The Bertz CT molecular complexity index is 677. The Kier molecular flexibility index (Phi) is 3.08. The molecule has 102 valence electrons. The van der Waals surface area contributed by atoms with Crippen molar-refractivity contribution < 1.29 is 4.74 Å². The topological polar surface area (TPSA) is 35.0 Å². The summed E-state index contributed by atoms with van der Waals surface area (Å²) in [5, 5.41) is 0.624. The highest BCUT2D eigenvalue weighted by Crippen LogP contribution is 2.39. The van der Waals surface area contributed by atoms with Crippen molar-refractivity contribution in [3.05, 3.63) is 52.1 Å². The van der Waals surface area contributed by atoms with Crippen molar-refractivity contribution in [1.29, 1.82) is 0 Å². The molecule has 0 spiro atoms. The first-order valence-electron chi connectivity index (χ1n) is 6.67. The normalized spacial score (nSPS) is 20.1. The van der Waals surface area contributed by atoms with E-state index in [0.29, 0.717) is 11.8 Å². The van der Waals surface area contributed by atoms with E-state index >= 15 is 0 Å². The van der Waals surface area contributed by atoms with Gasteiger partial charge < -0.3 is 4.74 Å². The third-order valence-corrected chi connectivity index (χ3v) is 5.10. The van der Waals surface area contributed by atoms with Gasteiger partial charge in [0.15, 0.2) is 0 Å². The van der Waals surface area contributed by atoms with Gasteiger partial charge in [0.1, 0.15) is 16.7 Å². The number of ether oxygens (including phenoxy) is 1. The van der Waals surface area contributed by atoms with Gasteiger partial charge in [0, 0.05) is 22.6 Å². The van der Waals surface area contributed by atoms with Crippen molar-refractivity contribution in [2.24, 2.45) is 0 Å². The Labute approximate surface area is 126 Å². The van der Waals surface area contributed by atoms with Gasteiger partial charge in [0.25, 0.3) is 0 Å². The lowest BCUT2D eigenvalue weighted by atomic mass is 9.92. The van der Waals surface area contributed by atoms with Crippen LogP contribution in [0.1, 0.15) is 35.0 Å². The molecule has 4 rings (SSSR count). The minimum absolute atomic E-state index is 0.188. The molecule has 0 amide bonds. The molecule has 0 aliphatic carbocycles. The maximum Gasteiger partial charge on any atom is 0.138 e. The fourth-order valence-electron chi connectivity index (χ4n) is 2.80. The molecule has 1 aromatic carbocycles. The quantitative estimate of drug-likeness (QED) is 0.751. The fourth-order valence-corrected chi connectivity index (χ4v) is 4.18. The van der Waals surface area contributed by atoms with Gasteiger partial charge in [-0.15, -0.1) is 0 Å². The van der Waals surface area contributed by atoms with Crippen molar-refractivity contribution in [3.8, 4) is 5.75 Å². The Morgan fingerprint density at radius 2 is 2.10 bits per heavy atom. The van der Waals surface area contributed by atoms with E-state index in [1.165, 1.54) is 5.56 Å². The summed E-state index contributed by atoms with van der Waals surface area (Å²) < 4.78 is 5.71. The second-order valence-corrected chi connectivity index (χ2v) is 6.36. The summed E-state index contributed by atoms with van der Waals surface area (Å²) in [4.78, 5) is 9.32. The highest BCUT2D eigenvalue weighted by atomic mass is 35.5. The Morgan fingerprint density at radius 1 is 1.20 bits per heavy atom. The minimum atomic E-state index is 0.188. The molecule has 1 atom stereocenters. The van der Waals surface area contributed by atoms with E-state index in [9.17, 15) is 0 Å². The summed E-state index contributed by atoms with van der Waals surface area (Å²) in [6, 6.07) is 8.13. The number of thioether (sulfide) groups is 1. The summed E-state index contributed by atoms with van der Waals surface area (Å²) in [5.74, 6) is 3.84. The highest BCUT2D eigenvalue weighted by molar-refractivity contribution is 7.98. The predicted octanol–water partition coefficient (Wildman–Crippen LogP) is 3.79. The number of rotatable bonds is 1. The zero-order valence-corrected chi connectivity index (χ0v) is 12.4. The van der Waals surface area contributed by atoms with E-state index in [2.05, 4.69) is 11.1 Å². The van der Waals surface area contributed by atoms with Crippen LogP contribution in [0.25, 0.3) is 0 Å². The average Bonchev–Trinajstić information content (AvgIpc) is 2.95. The standard InChI is InChI=1S/C15H13ClN2OS/c16-14-11-7-20-8-12(11)17-15(18-14)10-5-6-19-13-4-2-1-3-9(10)13/h1-4,10H,5-8H2. The number of aromatic nitrogens is 2. The second-order valence-electron chi connectivity index (χ2n) is 5.02. The number of para-hydroxylation sites is 1. The van der Waals surface area contributed by atoms with Crippen LogP contribution in [0.2, 0.25) is 5.15 Å². The van der Waals surface area contributed by atoms with Crippen LogP contribution < -0.4 is 4.74 Å². The van der Waals surface area contributed by atoms with Crippen molar-refractivity contribution in [3.63, 3.8) is 0 Å². The van der Waals surface area contributed by atoms with Crippen LogP contribution in [0, 0.1) is 0 Å². The van der Waals surface area contributed by atoms with E-state index < -0.39 is 0 Å². The molecule has 0 bridgehead atoms. The molecule has 1 unspecified atom stereocenters. The lowest BCUT2D eigenvalue weighted by Gasteiger charge is -2.25. The second kappa shape index (κ2) is 4.93. The number of benzene rings is 1. The van der Waals surface area contributed by atoms with Gasteiger partial charge >= 0.3 is 0 Å². The molecule has 0 N–H and O–H groups in total. The van der Waals surface area contributed by atoms with Gasteiger partial charge in [-0.25, -0.2) is 9.97 Å². The zero-order chi connectivity index (χ0) is 13.5. The molecule has 3 nitrogen and oxygen atoms in total. The number of fused-ring (bicyclic) bond motifs is 2. The SMILES string of the molecule is Clc1nc(C2CCOc3ccccc32)nc2c1CSC2. The Morgan fingerprint density at radius 3 is 3.05 bits per heavy atom. The summed E-state index contributed by atoms with van der Waals surface area (Å²) in [7, 11) is 0. The highest BCUT2D eigenvalue weighted by Gasteiger charge is 2.27. The first-order chi connectivity index (χ1) is 9.83. The van der Waals surface area contributed by atoms with Gasteiger partial charge in [0.2, 0.25) is 0 Å². The van der Waals surface area contributed by atoms with Gasteiger partial charge in [-0.05, 0) is 12.5 Å². The van der Waals surface area contributed by atoms with E-state index in [1.54, 1.807) is 0 Å². The first kappa shape index (κ1) is 12.5. The largest absolute Gasteiger partial charge is 0.493 e. The van der Waals surface area contributed by atoms with E-state index in [1.807, 2.05) is 30.0 Å². The molecule has 0 fully saturated rings. The van der Waals surface area contributed by atoms with Crippen LogP contribution in [0.15, 0.2) is 24.3 Å². The molecule has 20 heavy (non-hydrogen) atoms. The maximum absolute atomic E-state index is 6.33. The number of nitrogens with zero attached hydrogens (tertiary/aromatic N) is 2. The van der Waals surface area contributed by atoms with Gasteiger partial charge in [-0.2, -0.15) is 11.8 Å². The van der Waals surface area contributed by atoms with Crippen LogP contribution in [-0.4, -0.2) is 16.6 Å². The van der Waals surface area contributed by atoms with Gasteiger partial charge in [-0.3, -0.25) is 0 Å². The van der Waals surface area contributed by atoms with Gasteiger partial charge in [0.05, 0.1) is 18.2 Å². The predicted molar refractivity (Wildman–Crippen MR) is 80.4 cm³/mol. The van der Waals surface area contributed by atoms with Crippen molar-refractivity contribution >= 4 is 23.4 Å². The molecular formula is C15H13ClN2OS. The maximum atomic E-state index is 6.33. The fraction of sp³-hybridized carbons (Fsp3) is 0.333. The number of hydrogen-bond acceptors (Lipinski definition) is 4. The first-order valence-corrected chi connectivity index (χ1v) is 8.21. The average molecular weight is 305 g/mol. The van der Waals surface area contributed by atoms with E-state index in [-0.39, 0.29) is 5.92 Å².